The number of hydrogen-bond acceptors (Lipinski definition) is 4. The molecular weight excluding hydrogens is 338 g/mol. The van der Waals surface area contributed by atoms with Crippen LogP contribution in [0, 0.1) is 0 Å². The van der Waals surface area contributed by atoms with Gasteiger partial charge in [0.2, 0.25) is 5.91 Å². The first kappa shape index (κ1) is 17.5. The summed E-state index contributed by atoms with van der Waals surface area (Å²) < 4.78 is 5.10. The second-order valence-corrected chi connectivity index (χ2v) is 5.98. The third-order valence-electron chi connectivity index (χ3n) is 4.25. The van der Waals surface area contributed by atoms with Crippen molar-refractivity contribution in [3.8, 4) is 0 Å². The highest BCUT2D eigenvalue weighted by Gasteiger charge is 2.32. The minimum atomic E-state index is -0.973. The molecule has 0 radical (unpaired) electrons. The van der Waals surface area contributed by atoms with E-state index >= 15 is 0 Å². The van der Waals surface area contributed by atoms with E-state index in [2.05, 4.69) is 10.6 Å². The van der Waals surface area contributed by atoms with Crippen molar-refractivity contribution in [3.63, 3.8) is 0 Å². The molecule has 3 amide bonds. The molecule has 1 unspecified atom stereocenters. The number of fused-ring (bicyclic) bond motifs is 1. The molecule has 0 saturated carbocycles. The molecule has 2 heterocycles. The molecular formula is C18H19N3O5. The molecule has 0 spiro atoms. The van der Waals surface area contributed by atoms with Gasteiger partial charge >= 0.3 is 12.0 Å². The van der Waals surface area contributed by atoms with Crippen molar-refractivity contribution in [2.24, 2.45) is 0 Å². The Kier molecular flexibility index (Phi) is 5.21. The van der Waals surface area contributed by atoms with E-state index in [1.807, 2.05) is 12.1 Å². The van der Waals surface area contributed by atoms with Gasteiger partial charge in [-0.15, -0.1) is 0 Å². The summed E-state index contributed by atoms with van der Waals surface area (Å²) in [6.45, 7) is 0.416. The average molecular weight is 357 g/mol. The zero-order valence-electron chi connectivity index (χ0n) is 14.0. The SMILES string of the molecule is O=C(NCC(=O)N1Cc2ccccc2C(C(=O)O)C1)NCc1ccco1. The molecule has 8 heteroatoms. The normalized spacial score (nSPS) is 15.8. The minimum absolute atomic E-state index is 0.0842. The van der Waals surface area contributed by atoms with Crippen LogP contribution in [0.15, 0.2) is 47.1 Å². The quantitative estimate of drug-likeness (QED) is 0.746. The van der Waals surface area contributed by atoms with Crippen LogP contribution < -0.4 is 10.6 Å². The number of carboxylic acids is 1. The van der Waals surface area contributed by atoms with Gasteiger partial charge in [-0.2, -0.15) is 0 Å². The van der Waals surface area contributed by atoms with E-state index in [-0.39, 0.29) is 25.5 Å². The lowest BCUT2D eigenvalue weighted by Crippen LogP contribution is -2.46. The van der Waals surface area contributed by atoms with Crippen LogP contribution in [-0.2, 0) is 22.7 Å². The Morgan fingerprint density at radius 1 is 1.15 bits per heavy atom. The molecule has 136 valence electrons. The highest BCUT2D eigenvalue weighted by molar-refractivity contribution is 5.85. The predicted octanol–water partition coefficient (Wildman–Crippen LogP) is 1.29. The molecule has 0 aliphatic carbocycles. The second kappa shape index (κ2) is 7.73. The molecule has 2 aromatic rings. The number of furan rings is 1. The van der Waals surface area contributed by atoms with Gasteiger partial charge in [-0.25, -0.2) is 4.79 Å². The first-order valence-electron chi connectivity index (χ1n) is 8.17. The fourth-order valence-corrected chi connectivity index (χ4v) is 2.92. The van der Waals surface area contributed by atoms with E-state index in [1.165, 1.54) is 11.2 Å². The molecule has 0 fully saturated rings. The van der Waals surface area contributed by atoms with Crippen LogP contribution >= 0.6 is 0 Å². The highest BCUT2D eigenvalue weighted by Crippen LogP contribution is 2.28. The van der Waals surface area contributed by atoms with Crippen molar-refractivity contribution in [2.45, 2.75) is 19.0 Å². The fourth-order valence-electron chi connectivity index (χ4n) is 2.92. The molecule has 0 bridgehead atoms. The largest absolute Gasteiger partial charge is 0.481 e. The van der Waals surface area contributed by atoms with Gasteiger partial charge in [0, 0.05) is 13.1 Å². The maximum absolute atomic E-state index is 12.4. The number of amides is 3. The third-order valence-corrected chi connectivity index (χ3v) is 4.25. The van der Waals surface area contributed by atoms with E-state index in [1.54, 1.807) is 24.3 Å². The van der Waals surface area contributed by atoms with Crippen LogP contribution in [0.1, 0.15) is 22.8 Å². The Hall–Kier alpha value is -3.29. The van der Waals surface area contributed by atoms with Crippen LogP contribution in [0.25, 0.3) is 0 Å². The lowest BCUT2D eigenvalue weighted by molar-refractivity contribution is -0.141. The van der Waals surface area contributed by atoms with Crippen molar-refractivity contribution in [3.05, 3.63) is 59.5 Å². The Labute approximate surface area is 149 Å². The summed E-state index contributed by atoms with van der Waals surface area (Å²) in [4.78, 5) is 37.1. The smallest absolute Gasteiger partial charge is 0.315 e. The number of hydrogen-bond donors (Lipinski definition) is 3. The Morgan fingerprint density at radius 3 is 2.69 bits per heavy atom. The number of carbonyl (C=O) groups excluding carboxylic acids is 2. The van der Waals surface area contributed by atoms with Crippen molar-refractivity contribution in [1.82, 2.24) is 15.5 Å². The number of urea groups is 1. The van der Waals surface area contributed by atoms with Crippen molar-refractivity contribution in [2.75, 3.05) is 13.1 Å². The topological polar surface area (TPSA) is 112 Å². The number of carboxylic acid groups (broad SMARTS) is 1. The number of rotatable bonds is 5. The van der Waals surface area contributed by atoms with Crippen LogP contribution in [0.4, 0.5) is 4.79 Å². The van der Waals surface area contributed by atoms with Gasteiger partial charge in [0.15, 0.2) is 0 Å². The van der Waals surface area contributed by atoms with Gasteiger partial charge in [-0.1, -0.05) is 24.3 Å². The minimum Gasteiger partial charge on any atom is -0.481 e. The molecule has 1 aliphatic rings. The molecule has 1 aliphatic heterocycles. The summed E-state index contributed by atoms with van der Waals surface area (Å²) in [7, 11) is 0. The molecule has 1 atom stereocenters. The number of carbonyl (C=O) groups is 3. The molecule has 1 aromatic heterocycles. The van der Waals surface area contributed by atoms with Crippen LogP contribution in [0.3, 0.4) is 0 Å². The summed E-state index contributed by atoms with van der Waals surface area (Å²) in [5.41, 5.74) is 1.54. The maximum atomic E-state index is 12.4. The Morgan fingerprint density at radius 2 is 1.96 bits per heavy atom. The number of aliphatic carboxylic acids is 1. The highest BCUT2D eigenvalue weighted by atomic mass is 16.4. The molecule has 3 N–H and O–H groups in total. The van der Waals surface area contributed by atoms with Crippen LogP contribution in [0.2, 0.25) is 0 Å². The summed E-state index contributed by atoms with van der Waals surface area (Å²) in [5, 5.41) is 14.5. The average Bonchev–Trinajstić information content (AvgIpc) is 3.17. The van der Waals surface area contributed by atoms with Gasteiger partial charge in [0.1, 0.15) is 5.76 Å². The first-order valence-corrected chi connectivity index (χ1v) is 8.17. The lowest BCUT2D eigenvalue weighted by Gasteiger charge is -2.32. The van der Waals surface area contributed by atoms with Gasteiger partial charge in [0.05, 0.1) is 25.3 Å². The van der Waals surface area contributed by atoms with Gasteiger partial charge in [0.25, 0.3) is 0 Å². The van der Waals surface area contributed by atoms with E-state index in [0.717, 1.165) is 11.1 Å². The van der Waals surface area contributed by atoms with Gasteiger partial charge < -0.3 is 25.1 Å². The maximum Gasteiger partial charge on any atom is 0.315 e. The van der Waals surface area contributed by atoms with Crippen molar-refractivity contribution >= 4 is 17.9 Å². The molecule has 8 nitrogen and oxygen atoms in total. The van der Waals surface area contributed by atoms with Gasteiger partial charge in [-0.3, -0.25) is 9.59 Å². The fraction of sp³-hybridized carbons (Fsp3) is 0.278. The monoisotopic (exact) mass is 357 g/mol. The third kappa shape index (κ3) is 4.02. The van der Waals surface area contributed by atoms with Crippen molar-refractivity contribution in [1.29, 1.82) is 0 Å². The van der Waals surface area contributed by atoms with Crippen molar-refractivity contribution < 1.29 is 23.9 Å². The number of nitrogens with one attached hydrogen (secondary N) is 2. The molecule has 3 rings (SSSR count). The van der Waals surface area contributed by atoms with E-state index in [9.17, 15) is 19.5 Å². The number of benzene rings is 1. The van der Waals surface area contributed by atoms with Crippen LogP contribution in [-0.4, -0.2) is 41.0 Å². The summed E-state index contributed by atoms with van der Waals surface area (Å²) in [5.74, 6) is -1.47. The zero-order chi connectivity index (χ0) is 18.5. The van der Waals surface area contributed by atoms with E-state index in [0.29, 0.717) is 12.3 Å². The summed E-state index contributed by atoms with van der Waals surface area (Å²) >= 11 is 0. The molecule has 0 saturated heterocycles. The predicted molar refractivity (Wildman–Crippen MR) is 91.2 cm³/mol. The summed E-state index contributed by atoms with van der Waals surface area (Å²) in [6, 6.07) is 10.1. The Bertz CT molecular complexity index is 803. The van der Waals surface area contributed by atoms with Crippen LogP contribution in [0.5, 0.6) is 0 Å². The molecule has 26 heavy (non-hydrogen) atoms. The van der Waals surface area contributed by atoms with E-state index in [4.69, 9.17) is 4.42 Å². The lowest BCUT2D eigenvalue weighted by atomic mass is 9.90. The summed E-state index contributed by atoms with van der Waals surface area (Å²) in [6.07, 6.45) is 1.51. The standard InChI is InChI=1S/C18H19N3O5/c22-16(9-20-18(25)19-8-13-5-3-7-26-13)21-10-12-4-1-2-6-14(12)15(11-21)17(23)24/h1-7,15H,8-11H2,(H,23,24)(H2,19,20,25). The first-order chi connectivity index (χ1) is 12.5. The van der Waals surface area contributed by atoms with Gasteiger partial charge in [-0.05, 0) is 23.3 Å². The second-order valence-electron chi connectivity index (χ2n) is 5.98. The Balaban J connectivity index is 1.55. The number of nitrogens with zero attached hydrogens (tertiary/aromatic N) is 1. The van der Waals surface area contributed by atoms with E-state index < -0.39 is 17.9 Å². The molecule has 1 aromatic carbocycles. The zero-order valence-corrected chi connectivity index (χ0v) is 14.0.